The van der Waals surface area contributed by atoms with Crippen molar-refractivity contribution in [1.29, 1.82) is 0 Å². The maximum atomic E-state index is 11.6. The molecule has 0 amide bonds. The van der Waals surface area contributed by atoms with E-state index in [4.69, 9.17) is 9.47 Å². The standard InChI is InChI=1S/C11H15N3O4/c1-17-8-9(12-6-13-10(8)15)14-4-3-7(5-14)11(16)18-2/h6-7H,3-5H2,1-2H3,(H,12,13,15). The zero-order chi connectivity index (χ0) is 13.1. The van der Waals surface area contributed by atoms with Crippen molar-refractivity contribution in [2.45, 2.75) is 6.42 Å². The van der Waals surface area contributed by atoms with E-state index >= 15 is 0 Å². The predicted molar refractivity (Wildman–Crippen MR) is 63.7 cm³/mol. The van der Waals surface area contributed by atoms with Gasteiger partial charge in [0, 0.05) is 13.1 Å². The Kier molecular flexibility index (Phi) is 3.50. The van der Waals surface area contributed by atoms with Gasteiger partial charge >= 0.3 is 5.97 Å². The Morgan fingerprint density at radius 1 is 1.56 bits per heavy atom. The number of hydrogen-bond acceptors (Lipinski definition) is 6. The molecule has 1 N–H and O–H groups in total. The van der Waals surface area contributed by atoms with Crippen LogP contribution in [0.3, 0.4) is 0 Å². The minimum Gasteiger partial charge on any atom is -0.489 e. The van der Waals surface area contributed by atoms with Gasteiger partial charge in [0.05, 0.1) is 26.5 Å². The lowest BCUT2D eigenvalue weighted by atomic mass is 10.1. The number of anilines is 1. The summed E-state index contributed by atoms with van der Waals surface area (Å²) in [5.74, 6) is 0.220. The van der Waals surface area contributed by atoms with E-state index in [1.54, 1.807) is 0 Å². The van der Waals surface area contributed by atoms with Crippen LogP contribution in [0.1, 0.15) is 6.42 Å². The summed E-state index contributed by atoms with van der Waals surface area (Å²) in [6.07, 6.45) is 2.01. The van der Waals surface area contributed by atoms with Gasteiger partial charge in [-0.05, 0) is 6.42 Å². The topological polar surface area (TPSA) is 84.5 Å². The molecule has 1 unspecified atom stereocenters. The lowest BCUT2D eigenvalue weighted by molar-refractivity contribution is -0.144. The normalized spacial score (nSPS) is 18.8. The fourth-order valence-electron chi connectivity index (χ4n) is 2.10. The molecular formula is C11H15N3O4. The molecule has 1 aliphatic rings. The number of aromatic nitrogens is 2. The van der Waals surface area contributed by atoms with E-state index in [9.17, 15) is 9.59 Å². The van der Waals surface area contributed by atoms with Gasteiger partial charge in [0.1, 0.15) is 0 Å². The van der Waals surface area contributed by atoms with Crippen molar-refractivity contribution in [3.63, 3.8) is 0 Å². The van der Waals surface area contributed by atoms with E-state index in [0.717, 1.165) is 0 Å². The lowest BCUT2D eigenvalue weighted by Gasteiger charge is -2.18. The zero-order valence-corrected chi connectivity index (χ0v) is 10.3. The SMILES string of the molecule is COC(=O)C1CCN(c2nc[nH]c(=O)c2OC)C1. The summed E-state index contributed by atoms with van der Waals surface area (Å²) in [4.78, 5) is 31.4. The lowest BCUT2D eigenvalue weighted by Crippen LogP contribution is -2.26. The number of aromatic amines is 1. The van der Waals surface area contributed by atoms with E-state index < -0.39 is 0 Å². The molecule has 1 fully saturated rings. The van der Waals surface area contributed by atoms with Crippen LogP contribution in [0.4, 0.5) is 5.82 Å². The highest BCUT2D eigenvalue weighted by atomic mass is 16.5. The van der Waals surface area contributed by atoms with Crippen LogP contribution in [-0.2, 0) is 9.53 Å². The second kappa shape index (κ2) is 5.07. The van der Waals surface area contributed by atoms with E-state index in [0.29, 0.717) is 25.3 Å². The van der Waals surface area contributed by atoms with Crippen LogP contribution in [0.25, 0.3) is 0 Å². The van der Waals surface area contributed by atoms with Gasteiger partial charge in [0.25, 0.3) is 5.56 Å². The summed E-state index contributed by atoms with van der Waals surface area (Å²) in [5, 5.41) is 0. The Bertz CT molecular complexity index is 499. The van der Waals surface area contributed by atoms with Gasteiger partial charge in [-0.3, -0.25) is 9.59 Å². The molecule has 98 valence electrons. The van der Waals surface area contributed by atoms with E-state index in [1.165, 1.54) is 20.5 Å². The summed E-state index contributed by atoms with van der Waals surface area (Å²) in [6.45, 7) is 1.13. The van der Waals surface area contributed by atoms with E-state index in [2.05, 4.69) is 9.97 Å². The van der Waals surface area contributed by atoms with Gasteiger partial charge in [-0.2, -0.15) is 0 Å². The maximum Gasteiger partial charge on any atom is 0.310 e. The van der Waals surface area contributed by atoms with Crippen molar-refractivity contribution in [2.75, 3.05) is 32.2 Å². The minimum absolute atomic E-state index is 0.169. The molecule has 0 saturated carbocycles. The number of carbonyl (C=O) groups excluding carboxylic acids is 1. The molecule has 0 spiro atoms. The zero-order valence-electron chi connectivity index (χ0n) is 10.3. The highest BCUT2D eigenvalue weighted by Crippen LogP contribution is 2.27. The van der Waals surface area contributed by atoms with Crippen LogP contribution in [-0.4, -0.2) is 43.2 Å². The maximum absolute atomic E-state index is 11.6. The number of methoxy groups -OCH3 is 2. The van der Waals surface area contributed by atoms with Crippen molar-refractivity contribution in [3.8, 4) is 5.75 Å². The summed E-state index contributed by atoms with van der Waals surface area (Å²) in [5.41, 5.74) is -0.330. The van der Waals surface area contributed by atoms with Crippen LogP contribution in [0.15, 0.2) is 11.1 Å². The summed E-state index contributed by atoms with van der Waals surface area (Å²) in [7, 11) is 2.79. The number of nitrogens with one attached hydrogen (secondary N) is 1. The molecule has 0 aromatic carbocycles. The van der Waals surface area contributed by atoms with Crippen molar-refractivity contribution < 1.29 is 14.3 Å². The Labute approximate surface area is 104 Å². The number of ether oxygens (including phenoxy) is 2. The Morgan fingerprint density at radius 3 is 3.00 bits per heavy atom. The summed E-state index contributed by atoms with van der Waals surface area (Å²) < 4.78 is 9.76. The summed E-state index contributed by atoms with van der Waals surface area (Å²) in [6, 6.07) is 0. The molecular weight excluding hydrogens is 238 g/mol. The molecule has 2 rings (SSSR count). The van der Waals surface area contributed by atoms with Crippen molar-refractivity contribution >= 4 is 11.8 Å². The van der Waals surface area contributed by atoms with Gasteiger partial charge in [-0.25, -0.2) is 4.98 Å². The monoisotopic (exact) mass is 253 g/mol. The Hall–Kier alpha value is -2.05. The number of carbonyl (C=O) groups is 1. The average Bonchev–Trinajstić information content (AvgIpc) is 2.87. The molecule has 2 heterocycles. The first-order valence-corrected chi connectivity index (χ1v) is 5.61. The molecule has 1 aliphatic heterocycles. The van der Waals surface area contributed by atoms with Crippen molar-refractivity contribution in [1.82, 2.24) is 9.97 Å². The smallest absolute Gasteiger partial charge is 0.310 e. The van der Waals surface area contributed by atoms with Gasteiger partial charge in [-0.1, -0.05) is 0 Å². The van der Waals surface area contributed by atoms with Crippen LogP contribution in [0.2, 0.25) is 0 Å². The van der Waals surface area contributed by atoms with Crippen LogP contribution < -0.4 is 15.2 Å². The largest absolute Gasteiger partial charge is 0.489 e. The second-order valence-corrected chi connectivity index (χ2v) is 4.04. The highest BCUT2D eigenvalue weighted by Gasteiger charge is 2.31. The molecule has 7 heteroatoms. The first-order valence-electron chi connectivity index (χ1n) is 5.61. The third-order valence-electron chi connectivity index (χ3n) is 3.02. The fraction of sp³-hybridized carbons (Fsp3) is 0.545. The molecule has 0 bridgehead atoms. The highest BCUT2D eigenvalue weighted by molar-refractivity contribution is 5.74. The van der Waals surface area contributed by atoms with Crippen molar-refractivity contribution in [2.24, 2.45) is 5.92 Å². The minimum atomic E-state index is -0.330. The average molecular weight is 253 g/mol. The van der Waals surface area contributed by atoms with E-state index in [-0.39, 0.29) is 23.2 Å². The molecule has 1 aromatic heterocycles. The predicted octanol–water partition coefficient (Wildman–Crippen LogP) is -0.222. The third kappa shape index (κ3) is 2.15. The molecule has 18 heavy (non-hydrogen) atoms. The number of nitrogens with zero attached hydrogens (tertiary/aromatic N) is 2. The summed E-state index contributed by atoms with van der Waals surface area (Å²) >= 11 is 0. The number of esters is 1. The number of H-pyrrole nitrogens is 1. The number of rotatable bonds is 3. The van der Waals surface area contributed by atoms with Gasteiger partial charge < -0.3 is 19.4 Å². The molecule has 1 aromatic rings. The molecule has 1 atom stereocenters. The van der Waals surface area contributed by atoms with Crippen LogP contribution in [0, 0.1) is 5.92 Å². The molecule has 1 saturated heterocycles. The van der Waals surface area contributed by atoms with Gasteiger partial charge in [0.15, 0.2) is 5.82 Å². The number of hydrogen-bond donors (Lipinski definition) is 1. The molecule has 0 radical (unpaired) electrons. The van der Waals surface area contributed by atoms with Crippen molar-refractivity contribution in [3.05, 3.63) is 16.7 Å². The molecule has 7 nitrogen and oxygen atoms in total. The fourth-order valence-corrected chi connectivity index (χ4v) is 2.10. The first-order chi connectivity index (χ1) is 8.67. The Balaban J connectivity index is 2.22. The first kappa shape index (κ1) is 12.4. The van der Waals surface area contributed by atoms with Gasteiger partial charge in [0.2, 0.25) is 5.75 Å². The second-order valence-electron chi connectivity index (χ2n) is 4.04. The van der Waals surface area contributed by atoms with E-state index in [1.807, 2.05) is 4.90 Å². The van der Waals surface area contributed by atoms with Crippen LogP contribution >= 0.6 is 0 Å². The van der Waals surface area contributed by atoms with Crippen LogP contribution in [0.5, 0.6) is 5.75 Å². The van der Waals surface area contributed by atoms with Gasteiger partial charge in [-0.15, -0.1) is 0 Å². The Morgan fingerprint density at radius 2 is 2.33 bits per heavy atom. The molecule has 0 aliphatic carbocycles. The third-order valence-corrected chi connectivity index (χ3v) is 3.02. The quantitative estimate of drug-likeness (QED) is 0.749.